The predicted octanol–water partition coefficient (Wildman–Crippen LogP) is 3.85. The largest absolute Gasteiger partial charge is 0.390 e. The van der Waals surface area contributed by atoms with Gasteiger partial charge in [-0.25, -0.2) is 9.97 Å². The first-order valence-electron chi connectivity index (χ1n) is 11.0. The number of aromatic amines is 1. The summed E-state index contributed by atoms with van der Waals surface area (Å²) in [6.07, 6.45) is -1.55. The minimum absolute atomic E-state index is 0.0247. The van der Waals surface area contributed by atoms with E-state index in [1.807, 2.05) is 18.2 Å². The van der Waals surface area contributed by atoms with E-state index in [-0.39, 0.29) is 17.5 Å². The van der Waals surface area contributed by atoms with E-state index in [1.54, 1.807) is 11.3 Å². The summed E-state index contributed by atoms with van der Waals surface area (Å²) in [6.45, 7) is -0.442. The lowest BCUT2D eigenvalue weighted by Gasteiger charge is -2.23. The van der Waals surface area contributed by atoms with Crippen molar-refractivity contribution in [1.29, 1.82) is 0 Å². The molecule has 184 valence electrons. The third-order valence-corrected chi connectivity index (χ3v) is 7.82. The number of H-pyrrole nitrogens is 1. The second-order valence-electron chi connectivity index (χ2n) is 8.29. The number of thiazole rings is 1. The highest BCUT2D eigenvalue weighted by molar-refractivity contribution is 7.19. The van der Waals surface area contributed by atoms with Gasteiger partial charge in [0.25, 0.3) is 0 Å². The lowest BCUT2D eigenvalue weighted by molar-refractivity contribution is -0.135. The quantitative estimate of drug-likeness (QED) is 0.293. The highest BCUT2D eigenvalue weighted by Gasteiger charge is 2.27. The van der Waals surface area contributed by atoms with E-state index in [4.69, 9.17) is 0 Å². The van der Waals surface area contributed by atoms with Crippen molar-refractivity contribution in [2.24, 2.45) is 0 Å². The van der Waals surface area contributed by atoms with E-state index in [9.17, 15) is 22.8 Å². The number of thiophene rings is 1. The van der Waals surface area contributed by atoms with Crippen LogP contribution in [0.2, 0.25) is 0 Å². The molecular formula is C22H21F3N6O2S2. The van der Waals surface area contributed by atoms with Gasteiger partial charge in [0.2, 0.25) is 5.91 Å². The standard InChI is InChI=1S/C22H21F3N6O2S2/c23-22(24,25)5-6-26-17(32)9-27-11-1-3-13-15(7-11)34-20-18(13)19(28-10-29-20)30-12-2-4-14-16(8-12)35-21(33)31-14/h2,4,8,10-11,27H,1,3,5-7,9H2,(H,26,32)(H,31,33)(H,28,29,30). The van der Waals surface area contributed by atoms with Crippen molar-refractivity contribution in [3.63, 3.8) is 0 Å². The van der Waals surface area contributed by atoms with Crippen LogP contribution >= 0.6 is 22.7 Å². The monoisotopic (exact) mass is 522 g/mol. The van der Waals surface area contributed by atoms with Gasteiger partial charge in [-0.2, -0.15) is 13.2 Å². The van der Waals surface area contributed by atoms with Gasteiger partial charge < -0.3 is 20.9 Å². The van der Waals surface area contributed by atoms with Crippen molar-refractivity contribution in [3.05, 3.63) is 44.6 Å². The summed E-state index contributed by atoms with van der Waals surface area (Å²) >= 11 is 2.73. The minimum atomic E-state index is -4.28. The molecule has 13 heteroatoms. The minimum Gasteiger partial charge on any atom is -0.355 e. The van der Waals surface area contributed by atoms with E-state index in [1.165, 1.54) is 11.9 Å². The zero-order valence-corrected chi connectivity index (χ0v) is 19.9. The smallest absolute Gasteiger partial charge is 0.355 e. The molecule has 0 saturated carbocycles. The number of carbonyl (C=O) groups excluding carboxylic acids is 1. The third-order valence-electron chi connectivity index (χ3n) is 5.81. The molecule has 1 aromatic carbocycles. The fourth-order valence-corrected chi connectivity index (χ4v) is 6.22. The highest BCUT2D eigenvalue weighted by Crippen LogP contribution is 2.39. The van der Waals surface area contributed by atoms with Crippen LogP contribution in [0.5, 0.6) is 0 Å². The first-order chi connectivity index (χ1) is 16.7. The number of carbonyl (C=O) groups is 1. The van der Waals surface area contributed by atoms with Crippen molar-refractivity contribution >= 4 is 60.5 Å². The lowest BCUT2D eigenvalue weighted by atomic mass is 9.93. The van der Waals surface area contributed by atoms with Crippen molar-refractivity contribution in [2.45, 2.75) is 37.9 Å². The number of alkyl halides is 3. The average Bonchev–Trinajstić information content (AvgIpc) is 3.35. The van der Waals surface area contributed by atoms with Gasteiger partial charge in [-0.3, -0.25) is 9.59 Å². The lowest BCUT2D eigenvalue weighted by Crippen LogP contribution is -2.42. The van der Waals surface area contributed by atoms with Gasteiger partial charge >= 0.3 is 11.0 Å². The number of rotatable bonds is 7. The molecule has 1 aliphatic rings. The molecular weight excluding hydrogens is 501 g/mol. The van der Waals surface area contributed by atoms with Gasteiger partial charge in [-0.05, 0) is 43.0 Å². The van der Waals surface area contributed by atoms with Crippen molar-refractivity contribution < 1.29 is 18.0 Å². The molecule has 1 atom stereocenters. The molecule has 4 N–H and O–H groups in total. The van der Waals surface area contributed by atoms with Crippen molar-refractivity contribution in [2.75, 3.05) is 18.4 Å². The number of aryl methyl sites for hydroxylation is 1. The molecule has 1 unspecified atom stereocenters. The van der Waals surface area contributed by atoms with Crippen LogP contribution in [0, 0.1) is 0 Å². The van der Waals surface area contributed by atoms with Crippen LogP contribution in [-0.2, 0) is 17.6 Å². The Bertz CT molecular complexity index is 1440. The molecule has 0 radical (unpaired) electrons. The Hall–Kier alpha value is -3.03. The number of amides is 1. The highest BCUT2D eigenvalue weighted by atomic mass is 32.1. The van der Waals surface area contributed by atoms with E-state index < -0.39 is 25.0 Å². The fraction of sp³-hybridized carbons (Fsp3) is 0.364. The molecule has 5 rings (SSSR count). The van der Waals surface area contributed by atoms with Gasteiger partial charge in [-0.15, -0.1) is 11.3 Å². The number of benzene rings is 1. The molecule has 8 nitrogen and oxygen atoms in total. The Balaban J connectivity index is 1.27. The number of aromatic nitrogens is 3. The number of nitrogens with zero attached hydrogens (tertiary/aromatic N) is 2. The maximum atomic E-state index is 12.2. The zero-order valence-electron chi connectivity index (χ0n) is 18.3. The summed E-state index contributed by atoms with van der Waals surface area (Å²) in [4.78, 5) is 37.1. The van der Waals surface area contributed by atoms with Gasteiger partial charge in [0.15, 0.2) is 0 Å². The number of fused-ring (bicyclic) bond motifs is 4. The first kappa shape index (κ1) is 23.7. The van der Waals surface area contributed by atoms with Crippen LogP contribution in [-0.4, -0.2) is 46.2 Å². The summed E-state index contributed by atoms with van der Waals surface area (Å²) in [5.74, 6) is 0.253. The maximum Gasteiger partial charge on any atom is 0.390 e. The van der Waals surface area contributed by atoms with E-state index in [2.05, 4.69) is 30.9 Å². The predicted molar refractivity (Wildman–Crippen MR) is 131 cm³/mol. The molecule has 3 heterocycles. The summed E-state index contributed by atoms with van der Waals surface area (Å²) < 4.78 is 37.6. The van der Waals surface area contributed by atoms with Crippen LogP contribution < -0.4 is 20.8 Å². The Morgan fingerprint density at radius 3 is 2.91 bits per heavy atom. The van der Waals surface area contributed by atoms with Crippen LogP contribution in [0.1, 0.15) is 23.3 Å². The maximum absolute atomic E-state index is 12.2. The van der Waals surface area contributed by atoms with E-state index >= 15 is 0 Å². The van der Waals surface area contributed by atoms with Crippen LogP contribution in [0.15, 0.2) is 29.3 Å². The molecule has 0 aliphatic heterocycles. The van der Waals surface area contributed by atoms with Crippen molar-refractivity contribution in [1.82, 2.24) is 25.6 Å². The Kier molecular flexibility index (Phi) is 6.47. The van der Waals surface area contributed by atoms with E-state index in [0.29, 0.717) is 12.2 Å². The molecule has 3 aromatic heterocycles. The van der Waals surface area contributed by atoms with E-state index in [0.717, 1.165) is 55.2 Å². The molecule has 0 fully saturated rings. The molecule has 0 bridgehead atoms. The number of hydrogen-bond acceptors (Lipinski definition) is 8. The normalized spacial score (nSPS) is 15.9. The first-order valence-corrected chi connectivity index (χ1v) is 12.6. The van der Waals surface area contributed by atoms with Crippen LogP contribution in [0.3, 0.4) is 0 Å². The SMILES string of the molecule is O=C(CNC1CCc2c(sc3ncnc(Nc4ccc5[nH]c(=O)sc5c4)c23)C1)NCCC(F)(F)F. The summed E-state index contributed by atoms with van der Waals surface area (Å²) in [7, 11) is 0. The van der Waals surface area contributed by atoms with Gasteiger partial charge in [0.1, 0.15) is 17.0 Å². The number of nitrogens with one attached hydrogen (secondary N) is 4. The molecule has 1 aliphatic carbocycles. The van der Waals surface area contributed by atoms with Crippen LogP contribution in [0.25, 0.3) is 20.4 Å². The fourth-order valence-electron chi connectivity index (χ4n) is 4.18. The van der Waals surface area contributed by atoms with Gasteiger partial charge in [0.05, 0.1) is 28.6 Å². The number of halogens is 3. The Morgan fingerprint density at radius 1 is 1.23 bits per heavy atom. The molecule has 1 amide bonds. The van der Waals surface area contributed by atoms with Gasteiger partial charge in [-0.1, -0.05) is 11.3 Å². The third kappa shape index (κ3) is 5.46. The molecule has 4 aromatic rings. The number of anilines is 2. The second kappa shape index (κ2) is 9.55. The number of hydrogen-bond donors (Lipinski definition) is 4. The zero-order chi connectivity index (χ0) is 24.6. The van der Waals surface area contributed by atoms with Gasteiger partial charge in [0, 0.05) is 23.2 Å². The summed E-state index contributed by atoms with van der Waals surface area (Å²) in [5.41, 5.74) is 2.78. The summed E-state index contributed by atoms with van der Waals surface area (Å²) in [6, 6.07) is 5.70. The molecule has 35 heavy (non-hydrogen) atoms. The van der Waals surface area contributed by atoms with Crippen molar-refractivity contribution in [3.8, 4) is 0 Å². The molecule has 0 saturated heterocycles. The Morgan fingerprint density at radius 2 is 2.09 bits per heavy atom. The average molecular weight is 523 g/mol. The van der Waals surface area contributed by atoms with Crippen LogP contribution in [0.4, 0.5) is 24.7 Å². The molecule has 0 spiro atoms. The summed E-state index contributed by atoms with van der Waals surface area (Å²) in [5, 5.41) is 9.79. The Labute approximate surface area is 205 Å². The second-order valence-corrected chi connectivity index (χ2v) is 10.4. The topological polar surface area (TPSA) is 112 Å².